The predicted octanol–water partition coefficient (Wildman–Crippen LogP) is 2.11. The van der Waals surface area contributed by atoms with Gasteiger partial charge in [0, 0.05) is 19.0 Å². The number of rotatable bonds is 3. The molecule has 5 nitrogen and oxygen atoms in total. The Kier molecular flexibility index (Phi) is 4.29. The van der Waals surface area contributed by atoms with Crippen LogP contribution >= 0.6 is 0 Å². The summed E-state index contributed by atoms with van der Waals surface area (Å²) in [7, 11) is 0. The van der Waals surface area contributed by atoms with E-state index in [9.17, 15) is 0 Å². The highest BCUT2D eigenvalue weighted by atomic mass is 16.5. The van der Waals surface area contributed by atoms with Crippen LogP contribution in [0.2, 0.25) is 0 Å². The van der Waals surface area contributed by atoms with Crippen molar-refractivity contribution in [3.8, 4) is 0 Å². The summed E-state index contributed by atoms with van der Waals surface area (Å²) >= 11 is 0. The van der Waals surface area contributed by atoms with Crippen LogP contribution < -0.4 is 11.3 Å². The Morgan fingerprint density at radius 3 is 2.85 bits per heavy atom. The molecule has 1 aromatic heterocycles. The van der Waals surface area contributed by atoms with Gasteiger partial charge in [0.05, 0.1) is 23.5 Å². The van der Waals surface area contributed by atoms with E-state index < -0.39 is 0 Å². The summed E-state index contributed by atoms with van der Waals surface area (Å²) < 4.78 is 6.16. The Balaban J connectivity index is 1.75. The second kappa shape index (κ2) is 6.16. The Labute approximate surface area is 120 Å². The number of nitrogens with one attached hydrogen (secondary N) is 1. The van der Waals surface area contributed by atoms with E-state index >= 15 is 0 Å². The normalized spacial score (nSPS) is 27.4. The largest absolute Gasteiger partial charge is 0.375 e. The maximum Gasteiger partial charge on any atom is 0.0772 e. The molecule has 3 rings (SSSR count). The lowest BCUT2D eigenvalue weighted by atomic mass is 9.74. The second-order valence-electron chi connectivity index (χ2n) is 6.12. The molecular weight excluding hydrogens is 252 g/mol. The first-order chi connectivity index (χ1) is 9.83. The van der Waals surface area contributed by atoms with Crippen LogP contribution in [0.15, 0.2) is 18.6 Å². The summed E-state index contributed by atoms with van der Waals surface area (Å²) in [5, 5.41) is 0. The lowest BCUT2D eigenvalue weighted by Crippen LogP contribution is -2.46. The van der Waals surface area contributed by atoms with Crippen molar-refractivity contribution in [1.82, 2.24) is 15.4 Å². The van der Waals surface area contributed by atoms with Crippen LogP contribution in [0.1, 0.15) is 56.7 Å². The Morgan fingerprint density at radius 2 is 2.15 bits per heavy atom. The molecule has 0 amide bonds. The highest BCUT2D eigenvalue weighted by molar-refractivity contribution is 5.06. The van der Waals surface area contributed by atoms with Crippen molar-refractivity contribution in [3.63, 3.8) is 0 Å². The highest BCUT2D eigenvalue weighted by Gasteiger charge is 2.41. The van der Waals surface area contributed by atoms with Gasteiger partial charge < -0.3 is 4.74 Å². The molecular formula is C15H24N4O. The molecule has 1 saturated heterocycles. The zero-order valence-electron chi connectivity index (χ0n) is 11.9. The minimum atomic E-state index is 0.0754. The number of hydrazine groups is 1. The zero-order valence-corrected chi connectivity index (χ0v) is 11.9. The Morgan fingerprint density at radius 1 is 1.30 bits per heavy atom. The van der Waals surface area contributed by atoms with E-state index in [4.69, 9.17) is 10.6 Å². The van der Waals surface area contributed by atoms with Crippen LogP contribution in [0.5, 0.6) is 0 Å². The number of aromatic nitrogens is 2. The zero-order chi connectivity index (χ0) is 13.8. The third-order valence-electron chi connectivity index (χ3n) is 4.85. The quantitative estimate of drug-likeness (QED) is 0.653. The monoisotopic (exact) mass is 276 g/mol. The van der Waals surface area contributed by atoms with Crippen LogP contribution in [0.25, 0.3) is 0 Å². The Bertz CT molecular complexity index is 414. The molecule has 0 bridgehead atoms. The van der Waals surface area contributed by atoms with Gasteiger partial charge in [-0.1, -0.05) is 19.3 Å². The van der Waals surface area contributed by atoms with Gasteiger partial charge in [0.1, 0.15) is 0 Å². The molecule has 1 spiro atoms. The van der Waals surface area contributed by atoms with Crippen molar-refractivity contribution in [2.75, 3.05) is 6.61 Å². The average Bonchev–Trinajstić information content (AvgIpc) is 2.50. The lowest BCUT2D eigenvalue weighted by molar-refractivity contribution is -0.122. The number of nitrogens with two attached hydrogens (primary N) is 1. The van der Waals surface area contributed by atoms with Gasteiger partial charge in [0.25, 0.3) is 0 Å². The highest BCUT2D eigenvalue weighted by Crippen LogP contribution is 2.43. The van der Waals surface area contributed by atoms with Crippen molar-refractivity contribution in [2.24, 2.45) is 11.8 Å². The van der Waals surface area contributed by atoms with Crippen LogP contribution in [-0.4, -0.2) is 22.2 Å². The van der Waals surface area contributed by atoms with E-state index in [0.717, 1.165) is 25.1 Å². The van der Waals surface area contributed by atoms with Gasteiger partial charge in [-0.2, -0.15) is 0 Å². The first kappa shape index (κ1) is 13.9. The number of hydrogen-bond donors (Lipinski definition) is 2. The van der Waals surface area contributed by atoms with Crippen molar-refractivity contribution in [3.05, 3.63) is 24.3 Å². The molecule has 0 radical (unpaired) electrons. The summed E-state index contributed by atoms with van der Waals surface area (Å²) in [5.41, 5.74) is 3.99. The smallest absolute Gasteiger partial charge is 0.0772 e. The van der Waals surface area contributed by atoms with Gasteiger partial charge in [-0.05, 0) is 31.6 Å². The van der Waals surface area contributed by atoms with E-state index in [1.165, 1.54) is 32.1 Å². The van der Waals surface area contributed by atoms with Crippen LogP contribution in [-0.2, 0) is 4.74 Å². The fourth-order valence-corrected chi connectivity index (χ4v) is 3.83. The van der Waals surface area contributed by atoms with Gasteiger partial charge >= 0.3 is 0 Å². The van der Waals surface area contributed by atoms with Crippen molar-refractivity contribution in [2.45, 2.75) is 56.6 Å². The summed E-state index contributed by atoms with van der Waals surface area (Å²) in [5.74, 6) is 6.27. The van der Waals surface area contributed by atoms with E-state index in [0.29, 0.717) is 5.92 Å². The molecule has 20 heavy (non-hydrogen) atoms. The van der Waals surface area contributed by atoms with Gasteiger partial charge in [-0.25, -0.2) is 0 Å². The summed E-state index contributed by atoms with van der Waals surface area (Å²) in [6.45, 7) is 0.836. The average molecular weight is 276 g/mol. The van der Waals surface area contributed by atoms with Crippen LogP contribution in [0, 0.1) is 5.92 Å². The fraction of sp³-hybridized carbons (Fsp3) is 0.733. The molecule has 1 aliphatic carbocycles. The summed E-state index contributed by atoms with van der Waals surface area (Å²) in [4.78, 5) is 8.58. The van der Waals surface area contributed by atoms with Crippen molar-refractivity contribution in [1.29, 1.82) is 0 Å². The van der Waals surface area contributed by atoms with Gasteiger partial charge in [-0.3, -0.25) is 21.2 Å². The molecule has 2 heterocycles. The molecule has 1 saturated carbocycles. The molecule has 3 N–H and O–H groups in total. The number of ether oxygens (including phenoxy) is 1. The molecule has 5 heteroatoms. The van der Waals surface area contributed by atoms with E-state index in [-0.39, 0.29) is 11.6 Å². The van der Waals surface area contributed by atoms with E-state index in [2.05, 4.69) is 15.4 Å². The maximum atomic E-state index is 6.16. The first-order valence-corrected chi connectivity index (χ1v) is 7.69. The Hall–Kier alpha value is -1.04. The molecule has 1 aliphatic heterocycles. The van der Waals surface area contributed by atoms with Gasteiger partial charge in [0.15, 0.2) is 0 Å². The molecule has 0 aromatic carbocycles. The molecule has 1 aromatic rings. The predicted molar refractivity (Wildman–Crippen MR) is 76.6 cm³/mol. The summed E-state index contributed by atoms with van der Waals surface area (Å²) in [6.07, 6.45) is 13.7. The first-order valence-electron chi connectivity index (χ1n) is 7.69. The van der Waals surface area contributed by atoms with Crippen LogP contribution in [0.4, 0.5) is 0 Å². The van der Waals surface area contributed by atoms with Gasteiger partial charge in [0.2, 0.25) is 0 Å². The van der Waals surface area contributed by atoms with Crippen molar-refractivity contribution < 1.29 is 4.74 Å². The third kappa shape index (κ3) is 2.85. The standard InChI is InChI=1S/C15H24N4O/c16-19-14(13-11-17-7-8-18-13)12-4-9-20-15(10-12)5-2-1-3-6-15/h7-8,11-12,14,19H,1-6,9-10,16H2. The second-order valence-corrected chi connectivity index (χ2v) is 6.12. The van der Waals surface area contributed by atoms with Gasteiger partial charge in [-0.15, -0.1) is 0 Å². The van der Waals surface area contributed by atoms with Crippen molar-refractivity contribution >= 4 is 0 Å². The lowest BCUT2D eigenvalue weighted by Gasteiger charge is -2.45. The SMILES string of the molecule is NNC(c1cnccn1)C1CCOC2(CCCCC2)C1. The van der Waals surface area contributed by atoms with Crippen LogP contribution in [0.3, 0.4) is 0 Å². The molecule has 2 aliphatic rings. The minimum absolute atomic E-state index is 0.0754. The molecule has 2 atom stereocenters. The van der Waals surface area contributed by atoms with E-state index in [1.807, 2.05) is 6.20 Å². The van der Waals surface area contributed by atoms with E-state index in [1.54, 1.807) is 12.4 Å². The molecule has 2 fully saturated rings. The third-order valence-corrected chi connectivity index (χ3v) is 4.85. The topological polar surface area (TPSA) is 73.1 Å². The minimum Gasteiger partial charge on any atom is -0.375 e. The summed E-state index contributed by atoms with van der Waals surface area (Å²) in [6, 6.07) is 0.0754. The molecule has 110 valence electrons. The maximum absolute atomic E-state index is 6.16. The molecule has 2 unspecified atom stereocenters. The number of nitrogens with zero attached hydrogens (tertiary/aromatic N) is 2. The number of hydrogen-bond acceptors (Lipinski definition) is 5. The fourth-order valence-electron chi connectivity index (χ4n) is 3.83.